The van der Waals surface area contributed by atoms with Crippen LogP contribution in [-0.2, 0) is 0 Å². The molecule has 0 bridgehead atoms. The predicted molar refractivity (Wildman–Crippen MR) is 75.3 cm³/mol. The molecule has 2 N–H and O–H groups in total. The van der Waals surface area contributed by atoms with Gasteiger partial charge in [-0.15, -0.1) is 13.2 Å². The first-order chi connectivity index (χ1) is 10.2. The lowest BCUT2D eigenvalue weighted by molar-refractivity contribution is -0.274. The van der Waals surface area contributed by atoms with E-state index in [1.54, 1.807) is 6.92 Å². The van der Waals surface area contributed by atoms with Crippen LogP contribution in [0.1, 0.15) is 22.7 Å². The lowest BCUT2D eigenvalue weighted by Gasteiger charge is -2.17. The summed E-state index contributed by atoms with van der Waals surface area (Å²) in [7, 11) is 0. The molecular weight excluding hydrogens is 322 g/mol. The highest BCUT2D eigenvalue weighted by Crippen LogP contribution is 2.32. The number of ether oxygens (including phenoxy) is 1. The van der Waals surface area contributed by atoms with E-state index >= 15 is 0 Å². The van der Waals surface area contributed by atoms with Gasteiger partial charge < -0.3 is 10.5 Å². The van der Waals surface area contributed by atoms with E-state index in [-0.39, 0.29) is 16.3 Å². The largest absolute Gasteiger partial charge is 0.573 e. The van der Waals surface area contributed by atoms with Gasteiger partial charge in [-0.3, -0.25) is 0 Å². The van der Waals surface area contributed by atoms with E-state index < -0.39 is 18.2 Å². The first-order valence-corrected chi connectivity index (χ1v) is 6.62. The molecule has 0 fully saturated rings. The Balaban J connectivity index is 2.31. The van der Waals surface area contributed by atoms with Gasteiger partial charge in [0.1, 0.15) is 11.6 Å². The average Bonchev–Trinajstić information content (AvgIpc) is 2.42. The molecule has 2 rings (SSSR count). The topological polar surface area (TPSA) is 35.2 Å². The molecule has 0 saturated heterocycles. The molecule has 0 aliphatic rings. The molecule has 1 atom stereocenters. The van der Waals surface area contributed by atoms with Gasteiger partial charge in [-0.2, -0.15) is 0 Å². The van der Waals surface area contributed by atoms with Crippen LogP contribution >= 0.6 is 11.6 Å². The maximum atomic E-state index is 13.9. The molecular formula is C15H12ClF4NO. The molecule has 0 spiro atoms. The minimum atomic E-state index is -4.77. The van der Waals surface area contributed by atoms with Crippen molar-refractivity contribution >= 4 is 11.6 Å². The second kappa shape index (κ2) is 6.14. The molecule has 22 heavy (non-hydrogen) atoms. The molecule has 0 aromatic heterocycles. The Morgan fingerprint density at radius 1 is 1.09 bits per heavy atom. The smallest absolute Gasteiger partial charge is 0.406 e. The van der Waals surface area contributed by atoms with E-state index in [9.17, 15) is 17.6 Å². The Labute approximate surface area is 129 Å². The van der Waals surface area contributed by atoms with Crippen molar-refractivity contribution in [1.29, 1.82) is 0 Å². The summed E-state index contributed by atoms with van der Waals surface area (Å²) in [5, 5.41) is 0.197. The first kappa shape index (κ1) is 16.6. The van der Waals surface area contributed by atoms with E-state index in [1.807, 2.05) is 0 Å². The summed E-state index contributed by atoms with van der Waals surface area (Å²) in [4.78, 5) is 0. The summed E-state index contributed by atoms with van der Waals surface area (Å²) in [5.41, 5.74) is 7.16. The van der Waals surface area contributed by atoms with Gasteiger partial charge in [-0.05, 0) is 36.2 Å². The number of hydrogen-bond acceptors (Lipinski definition) is 2. The molecule has 0 aliphatic heterocycles. The summed E-state index contributed by atoms with van der Waals surface area (Å²) in [5.74, 6) is -0.946. The highest BCUT2D eigenvalue weighted by Gasteiger charge is 2.31. The molecule has 2 aromatic carbocycles. The SMILES string of the molecule is Cc1ccc(F)c([C@H](N)c2ccc(OC(F)(F)F)cc2)c1Cl. The molecule has 2 aromatic rings. The standard InChI is InChI=1S/C15H12ClF4NO/c1-8-2-7-11(17)12(13(8)16)14(21)9-3-5-10(6-4-9)22-15(18,19)20/h2-7,14H,21H2,1H3/t14-/m1/s1. The van der Waals surface area contributed by atoms with Crippen molar-refractivity contribution in [2.75, 3.05) is 0 Å². The number of hydrogen-bond donors (Lipinski definition) is 1. The van der Waals surface area contributed by atoms with Crippen LogP contribution in [0, 0.1) is 12.7 Å². The molecule has 0 aliphatic carbocycles. The summed E-state index contributed by atoms with van der Waals surface area (Å²) >= 11 is 6.07. The van der Waals surface area contributed by atoms with E-state index in [2.05, 4.69) is 4.74 Å². The van der Waals surface area contributed by atoms with Crippen LogP contribution in [0.15, 0.2) is 36.4 Å². The van der Waals surface area contributed by atoms with Crippen molar-refractivity contribution in [3.05, 3.63) is 63.9 Å². The lowest BCUT2D eigenvalue weighted by Crippen LogP contribution is -2.17. The third kappa shape index (κ3) is 3.69. The summed E-state index contributed by atoms with van der Waals surface area (Å²) in [6, 6.07) is 6.78. The van der Waals surface area contributed by atoms with Gasteiger partial charge in [0.25, 0.3) is 0 Å². The maximum Gasteiger partial charge on any atom is 0.573 e. The first-order valence-electron chi connectivity index (χ1n) is 6.25. The highest BCUT2D eigenvalue weighted by atomic mass is 35.5. The van der Waals surface area contributed by atoms with Crippen LogP contribution in [0.4, 0.5) is 17.6 Å². The van der Waals surface area contributed by atoms with Crippen LogP contribution in [0.25, 0.3) is 0 Å². The number of benzene rings is 2. The third-order valence-corrected chi connectivity index (χ3v) is 3.61. The van der Waals surface area contributed by atoms with Gasteiger partial charge in [0.15, 0.2) is 0 Å². The molecule has 0 heterocycles. The van der Waals surface area contributed by atoms with Crippen LogP contribution in [0.3, 0.4) is 0 Å². The van der Waals surface area contributed by atoms with Crippen LogP contribution in [0.5, 0.6) is 5.75 Å². The lowest BCUT2D eigenvalue weighted by atomic mass is 9.97. The normalized spacial score (nSPS) is 13.0. The second-order valence-electron chi connectivity index (χ2n) is 4.69. The van der Waals surface area contributed by atoms with Gasteiger partial charge in [0.05, 0.1) is 11.1 Å². The summed E-state index contributed by atoms with van der Waals surface area (Å²) in [6.07, 6.45) is -4.77. The molecule has 7 heteroatoms. The van der Waals surface area contributed by atoms with Crippen LogP contribution in [0.2, 0.25) is 5.02 Å². The van der Waals surface area contributed by atoms with E-state index in [4.69, 9.17) is 17.3 Å². The van der Waals surface area contributed by atoms with Crippen molar-refractivity contribution in [1.82, 2.24) is 0 Å². The number of aryl methyl sites for hydroxylation is 1. The van der Waals surface area contributed by atoms with Crippen molar-refractivity contribution in [2.45, 2.75) is 19.3 Å². The zero-order chi connectivity index (χ0) is 16.5. The average molecular weight is 334 g/mol. The van der Waals surface area contributed by atoms with E-state index in [1.165, 1.54) is 24.3 Å². The Bertz CT molecular complexity index is 670. The van der Waals surface area contributed by atoms with E-state index in [0.29, 0.717) is 11.1 Å². The van der Waals surface area contributed by atoms with Gasteiger partial charge >= 0.3 is 6.36 Å². The number of alkyl halides is 3. The van der Waals surface area contributed by atoms with Gasteiger partial charge in [-0.1, -0.05) is 29.8 Å². The van der Waals surface area contributed by atoms with Gasteiger partial charge in [0, 0.05) is 5.56 Å². The summed E-state index contributed by atoms with van der Waals surface area (Å²) in [6.45, 7) is 1.71. The van der Waals surface area contributed by atoms with Crippen molar-refractivity contribution in [3.8, 4) is 5.75 Å². The molecule has 0 saturated carbocycles. The Kier molecular flexibility index (Phi) is 4.63. The van der Waals surface area contributed by atoms with E-state index in [0.717, 1.165) is 12.1 Å². The van der Waals surface area contributed by atoms with Crippen LogP contribution in [-0.4, -0.2) is 6.36 Å². The molecule has 2 nitrogen and oxygen atoms in total. The van der Waals surface area contributed by atoms with Gasteiger partial charge in [0.2, 0.25) is 0 Å². The Morgan fingerprint density at radius 3 is 2.23 bits per heavy atom. The molecule has 0 amide bonds. The number of halogens is 5. The Hall–Kier alpha value is -1.79. The molecule has 0 unspecified atom stereocenters. The zero-order valence-electron chi connectivity index (χ0n) is 11.4. The fourth-order valence-electron chi connectivity index (χ4n) is 2.01. The Morgan fingerprint density at radius 2 is 1.68 bits per heavy atom. The molecule has 118 valence electrons. The second-order valence-corrected chi connectivity index (χ2v) is 5.06. The zero-order valence-corrected chi connectivity index (χ0v) is 12.2. The number of rotatable bonds is 3. The van der Waals surface area contributed by atoms with Crippen molar-refractivity contribution < 1.29 is 22.3 Å². The number of nitrogens with two attached hydrogens (primary N) is 1. The maximum absolute atomic E-state index is 13.9. The van der Waals surface area contributed by atoms with Crippen molar-refractivity contribution in [3.63, 3.8) is 0 Å². The highest BCUT2D eigenvalue weighted by molar-refractivity contribution is 6.32. The quantitative estimate of drug-likeness (QED) is 0.824. The fourth-order valence-corrected chi connectivity index (χ4v) is 2.28. The van der Waals surface area contributed by atoms with Crippen molar-refractivity contribution in [2.24, 2.45) is 5.73 Å². The minimum Gasteiger partial charge on any atom is -0.406 e. The third-order valence-electron chi connectivity index (χ3n) is 3.10. The van der Waals surface area contributed by atoms with Crippen LogP contribution < -0.4 is 10.5 Å². The fraction of sp³-hybridized carbons (Fsp3) is 0.200. The monoisotopic (exact) mass is 333 g/mol. The summed E-state index contributed by atoms with van der Waals surface area (Å²) < 4.78 is 54.0. The molecule has 0 radical (unpaired) electrons. The van der Waals surface area contributed by atoms with Gasteiger partial charge in [-0.25, -0.2) is 4.39 Å². The predicted octanol–water partition coefficient (Wildman–Crippen LogP) is 4.73. The minimum absolute atomic E-state index is 0.103.